The molecule has 0 heterocycles. The largest absolute Gasteiger partial charge is 0.469 e. The summed E-state index contributed by atoms with van der Waals surface area (Å²) in [6, 6.07) is 0. The number of unbranched alkanes of at least 4 members (excludes halogenated alkanes) is 2. The van der Waals surface area contributed by atoms with Crippen molar-refractivity contribution < 1.29 is 9.53 Å². The van der Waals surface area contributed by atoms with Crippen molar-refractivity contribution >= 4 is 5.97 Å². The van der Waals surface area contributed by atoms with Crippen LogP contribution >= 0.6 is 0 Å². The number of rotatable bonds is 8. The third-order valence-electron chi connectivity index (χ3n) is 4.83. The molecule has 0 N–H and O–H groups in total. The Morgan fingerprint density at radius 1 is 1.05 bits per heavy atom. The van der Waals surface area contributed by atoms with Gasteiger partial charge in [-0.1, -0.05) is 60.8 Å². The fourth-order valence-corrected chi connectivity index (χ4v) is 3.24. The predicted molar refractivity (Wildman–Crippen MR) is 86.7 cm³/mol. The van der Waals surface area contributed by atoms with Crippen LogP contribution < -0.4 is 0 Å². The monoisotopic (exact) mass is 284 g/mol. The third-order valence-corrected chi connectivity index (χ3v) is 4.83. The van der Waals surface area contributed by atoms with Crippen molar-refractivity contribution in [1.82, 2.24) is 0 Å². The van der Waals surface area contributed by atoms with Crippen molar-refractivity contribution in [2.75, 3.05) is 7.11 Å². The minimum Gasteiger partial charge on any atom is -0.469 e. The van der Waals surface area contributed by atoms with Gasteiger partial charge < -0.3 is 4.74 Å². The van der Waals surface area contributed by atoms with Gasteiger partial charge in [-0.05, 0) is 37.0 Å². The minimum absolute atomic E-state index is 0.0433. The van der Waals surface area contributed by atoms with E-state index in [-0.39, 0.29) is 16.8 Å². The van der Waals surface area contributed by atoms with E-state index >= 15 is 0 Å². The van der Waals surface area contributed by atoms with Crippen LogP contribution in [-0.2, 0) is 9.53 Å². The molecule has 2 heteroatoms. The molecule has 0 spiro atoms. The maximum Gasteiger partial charge on any atom is 0.312 e. The van der Waals surface area contributed by atoms with Crippen molar-refractivity contribution in [1.29, 1.82) is 0 Å². The molecule has 0 bridgehead atoms. The smallest absolute Gasteiger partial charge is 0.312 e. The Morgan fingerprint density at radius 2 is 1.60 bits per heavy atom. The molecule has 3 atom stereocenters. The van der Waals surface area contributed by atoms with E-state index in [9.17, 15) is 4.79 Å². The summed E-state index contributed by atoms with van der Waals surface area (Å²) >= 11 is 0. The SMILES string of the molecule is CCCCCC(C)C(C)(C(=O)OC)C(C)CC(C)(C)C. The van der Waals surface area contributed by atoms with E-state index in [0.717, 1.165) is 12.8 Å². The molecule has 0 amide bonds. The lowest BCUT2D eigenvalue weighted by Gasteiger charge is -2.41. The van der Waals surface area contributed by atoms with Crippen LogP contribution in [0.15, 0.2) is 0 Å². The molecule has 3 unspecified atom stereocenters. The fraction of sp³-hybridized carbons (Fsp3) is 0.944. The van der Waals surface area contributed by atoms with Crippen LogP contribution in [0.1, 0.15) is 80.6 Å². The van der Waals surface area contributed by atoms with Crippen LogP contribution in [0.5, 0.6) is 0 Å². The molecule has 0 aromatic rings. The summed E-state index contributed by atoms with van der Waals surface area (Å²) in [4.78, 5) is 12.4. The van der Waals surface area contributed by atoms with E-state index in [1.54, 1.807) is 0 Å². The molecule has 0 saturated carbocycles. The molecule has 2 nitrogen and oxygen atoms in total. The quantitative estimate of drug-likeness (QED) is 0.437. The number of hydrogen-bond donors (Lipinski definition) is 0. The Bertz CT molecular complexity index is 290. The van der Waals surface area contributed by atoms with Gasteiger partial charge in [0.15, 0.2) is 0 Å². The zero-order chi connectivity index (χ0) is 16.0. The normalized spacial score (nSPS) is 18.2. The Morgan fingerprint density at radius 3 is 2.00 bits per heavy atom. The topological polar surface area (TPSA) is 26.3 Å². The highest BCUT2D eigenvalue weighted by Gasteiger charge is 2.45. The molecular formula is C18H36O2. The highest BCUT2D eigenvalue weighted by molar-refractivity contribution is 5.77. The van der Waals surface area contributed by atoms with E-state index in [4.69, 9.17) is 4.74 Å². The van der Waals surface area contributed by atoms with Gasteiger partial charge in [0.05, 0.1) is 12.5 Å². The first-order chi connectivity index (χ1) is 9.09. The fourth-order valence-electron chi connectivity index (χ4n) is 3.24. The summed E-state index contributed by atoms with van der Waals surface area (Å²) in [5.41, 5.74) is -0.145. The number of carbonyl (C=O) groups excluding carboxylic acids is 1. The standard InChI is InChI=1S/C18H36O2/c1-9-10-11-12-14(2)18(7,16(19)20-8)15(3)13-17(4,5)6/h14-15H,9-13H2,1-8H3. The van der Waals surface area contributed by atoms with Crippen molar-refractivity contribution in [2.24, 2.45) is 22.7 Å². The zero-order valence-corrected chi connectivity index (χ0v) is 15.0. The van der Waals surface area contributed by atoms with Gasteiger partial charge in [0.25, 0.3) is 0 Å². The summed E-state index contributed by atoms with van der Waals surface area (Å²) in [6.07, 6.45) is 5.81. The van der Waals surface area contributed by atoms with Gasteiger partial charge in [-0.3, -0.25) is 4.79 Å². The van der Waals surface area contributed by atoms with E-state index in [1.807, 2.05) is 0 Å². The van der Waals surface area contributed by atoms with E-state index in [0.29, 0.717) is 11.8 Å². The maximum absolute atomic E-state index is 12.4. The predicted octanol–water partition coefficient (Wildman–Crippen LogP) is 5.45. The van der Waals surface area contributed by atoms with Crippen LogP contribution in [0.25, 0.3) is 0 Å². The van der Waals surface area contributed by atoms with Crippen molar-refractivity contribution in [3.8, 4) is 0 Å². The second-order valence-electron chi connectivity index (χ2n) is 7.84. The van der Waals surface area contributed by atoms with Crippen molar-refractivity contribution in [2.45, 2.75) is 80.6 Å². The molecule has 120 valence electrons. The first kappa shape index (κ1) is 19.5. The highest BCUT2D eigenvalue weighted by atomic mass is 16.5. The highest BCUT2D eigenvalue weighted by Crippen LogP contribution is 2.44. The van der Waals surface area contributed by atoms with Gasteiger partial charge in [0.2, 0.25) is 0 Å². The van der Waals surface area contributed by atoms with E-state index < -0.39 is 0 Å². The number of carbonyl (C=O) groups is 1. The minimum atomic E-state index is -0.379. The summed E-state index contributed by atoms with van der Waals surface area (Å²) in [6.45, 7) is 15.5. The lowest BCUT2D eigenvalue weighted by atomic mass is 9.63. The van der Waals surface area contributed by atoms with Crippen LogP contribution in [0.4, 0.5) is 0 Å². The molecule has 0 aliphatic carbocycles. The number of methoxy groups -OCH3 is 1. The van der Waals surface area contributed by atoms with Gasteiger partial charge in [-0.25, -0.2) is 0 Å². The van der Waals surface area contributed by atoms with Crippen LogP contribution in [0.3, 0.4) is 0 Å². The van der Waals surface area contributed by atoms with Crippen LogP contribution in [0, 0.1) is 22.7 Å². The first-order valence-corrected chi connectivity index (χ1v) is 8.18. The average molecular weight is 284 g/mol. The maximum atomic E-state index is 12.4. The Kier molecular flexibility index (Phi) is 7.83. The molecule has 0 fully saturated rings. The Hall–Kier alpha value is -0.530. The second-order valence-corrected chi connectivity index (χ2v) is 7.84. The molecule has 0 aromatic heterocycles. The van der Waals surface area contributed by atoms with Gasteiger partial charge >= 0.3 is 5.97 Å². The lowest BCUT2D eigenvalue weighted by Crippen LogP contribution is -2.42. The molecular weight excluding hydrogens is 248 g/mol. The van der Waals surface area contributed by atoms with Gasteiger partial charge in [0, 0.05) is 0 Å². The molecule has 0 radical (unpaired) electrons. The van der Waals surface area contributed by atoms with Crippen molar-refractivity contribution in [3.63, 3.8) is 0 Å². The van der Waals surface area contributed by atoms with Gasteiger partial charge in [-0.2, -0.15) is 0 Å². The third kappa shape index (κ3) is 5.46. The molecule has 0 saturated heterocycles. The zero-order valence-electron chi connectivity index (χ0n) is 15.0. The summed E-state index contributed by atoms with van der Waals surface area (Å²) in [5, 5.41) is 0. The summed E-state index contributed by atoms with van der Waals surface area (Å²) in [7, 11) is 1.52. The number of ether oxygens (including phenoxy) is 1. The van der Waals surface area contributed by atoms with Gasteiger partial charge in [0.1, 0.15) is 0 Å². The Balaban J connectivity index is 5.03. The van der Waals surface area contributed by atoms with E-state index in [1.165, 1.54) is 26.4 Å². The number of esters is 1. The molecule has 20 heavy (non-hydrogen) atoms. The Labute approximate surface area is 126 Å². The van der Waals surface area contributed by atoms with Gasteiger partial charge in [-0.15, -0.1) is 0 Å². The molecule has 0 rings (SSSR count). The molecule has 0 aromatic carbocycles. The second kappa shape index (κ2) is 8.05. The van der Waals surface area contributed by atoms with Crippen LogP contribution in [0.2, 0.25) is 0 Å². The summed E-state index contributed by atoms with van der Waals surface area (Å²) < 4.78 is 5.14. The number of hydrogen-bond acceptors (Lipinski definition) is 2. The van der Waals surface area contributed by atoms with Crippen LogP contribution in [-0.4, -0.2) is 13.1 Å². The molecule has 0 aliphatic heterocycles. The molecule has 0 aliphatic rings. The van der Waals surface area contributed by atoms with E-state index in [2.05, 4.69) is 48.5 Å². The lowest BCUT2D eigenvalue weighted by molar-refractivity contribution is -0.160. The first-order valence-electron chi connectivity index (χ1n) is 8.18. The summed E-state index contributed by atoms with van der Waals surface area (Å²) in [5.74, 6) is 0.642. The average Bonchev–Trinajstić information content (AvgIpc) is 2.34. The van der Waals surface area contributed by atoms with Crippen molar-refractivity contribution in [3.05, 3.63) is 0 Å².